The Morgan fingerprint density at radius 2 is 1.36 bits per heavy atom. The number of hydrogen-bond acceptors (Lipinski definition) is 5. The third kappa shape index (κ3) is 4.32. The first-order chi connectivity index (χ1) is 13.1. The van der Waals surface area contributed by atoms with Crippen LogP contribution in [0, 0.1) is 0 Å². The lowest BCUT2D eigenvalue weighted by Crippen LogP contribution is -1.84. The van der Waals surface area contributed by atoms with Gasteiger partial charge in [0.2, 0.25) is 0 Å². The molecule has 0 heterocycles. The van der Waals surface area contributed by atoms with Crippen molar-refractivity contribution in [1.82, 2.24) is 0 Å². The molecular formula is C21H20O7. The Labute approximate surface area is 161 Å². The molecule has 0 radical (unpaired) electrons. The minimum atomic E-state index is -0.833. The smallest absolute Gasteiger partial charge is 0.300 e. The molecule has 0 atom stereocenters. The highest BCUT2D eigenvalue weighted by molar-refractivity contribution is 6.17. The molecule has 1 aliphatic rings. The summed E-state index contributed by atoms with van der Waals surface area (Å²) in [6, 6.07) is 12.7. The number of methoxy groups -OCH3 is 1. The molecule has 0 aromatic heterocycles. The topological polar surface area (TPSA) is 124 Å². The van der Waals surface area contributed by atoms with E-state index in [4.69, 9.17) is 24.5 Å². The van der Waals surface area contributed by atoms with Crippen molar-refractivity contribution in [2.75, 3.05) is 7.11 Å². The SMILES string of the molecule is CC(=O)O.CC(=O)O.COc1cc2c3c(ccc(O)c3c1)-c1cc(O)ccc1-2. The predicted molar refractivity (Wildman–Crippen MR) is 105 cm³/mol. The summed E-state index contributed by atoms with van der Waals surface area (Å²) in [4.78, 5) is 18.0. The highest BCUT2D eigenvalue weighted by Crippen LogP contribution is 2.51. The van der Waals surface area contributed by atoms with Gasteiger partial charge >= 0.3 is 0 Å². The summed E-state index contributed by atoms with van der Waals surface area (Å²) in [6.45, 7) is 2.17. The lowest BCUT2D eigenvalue weighted by atomic mass is 10.0. The number of phenolic OH excluding ortho intramolecular Hbond substituents is 2. The van der Waals surface area contributed by atoms with Gasteiger partial charge in [-0.2, -0.15) is 0 Å². The number of ether oxygens (including phenoxy) is 1. The third-order valence-corrected chi connectivity index (χ3v) is 3.88. The van der Waals surface area contributed by atoms with Crippen molar-refractivity contribution in [2.24, 2.45) is 0 Å². The largest absolute Gasteiger partial charge is 0.508 e. The van der Waals surface area contributed by atoms with Crippen molar-refractivity contribution in [3.8, 4) is 39.5 Å². The number of rotatable bonds is 1. The molecule has 0 saturated heterocycles. The average molecular weight is 384 g/mol. The standard InChI is InChI=1S/C17H12O3.2C2H4O2/c1-20-10-7-14-11-3-2-9(18)6-13(11)12-4-5-16(19)15(8-10)17(12)14;2*1-2(3)4/h2-8,18-19H,1H3;2*1H3,(H,3,4). The fraction of sp³-hybridized carbons (Fsp3) is 0.143. The lowest BCUT2D eigenvalue weighted by molar-refractivity contribution is -0.135. The van der Waals surface area contributed by atoms with Gasteiger partial charge in [0, 0.05) is 24.6 Å². The monoisotopic (exact) mass is 384 g/mol. The first-order valence-corrected chi connectivity index (χ1v) is 8.22. The molecule has 7 heteroatoms. The van der Waals surface area contributed by atoms with Gasteiger partial charge in [-0.3, -0.25) is 9.59 Å². The molecular weight excluding hydrogens is 364 g/mol. The van der Waals surface area contributed by atoms with Crippen LogP contribution in [0.4, 0.5) is 0 Å². The first kappa shape index (κ1) is 20.6. The molecule has 0 spiro atoms. The molecule has 0 aliphatic heterocycles. The van der Waals surface area contributed by atoms with Crippen LogP contribution in [0.15, 0.2) is 42.5 Å². The van der Waals surface area contributed by atoms with Crippen molar-refractivity contribution >= 4 is 22.7 Å². The van der Waals surface area contributed by atoms with Gasteiger partial charge < -0.3 is 25.2 Å². The number of aromatic hydroxyl groups is 2. The van der Waals surface area contributed by atoms with E-state index in [1.807, 2.05) is 24.3 Å². The fourth-order valence-electron chi connectivity index (χ4n) is 2.99. The molecule has 0 fully saturated rings. The van der Waals surface area contributed by atoms with E-state index in [1.165, 1.54) is 0 Å². The second kappa shape index (κ2) is 8.30. The number of carbonyl (C=O) groups is 2. The van der Waals surface area contributed by atoms with Crippen molar-refractivity contribution in [1.29, 1.82) is 0 Å². The highest BCUT2D eigenvalue weighted by atomic mass is 16.5. The molecule has 0 saturated carbocycles. The summed E-state index contributed by atoms with van der Waals surface area (Å²) in [6.07, 6.45) is 0. The van der Waals surface area contributed by atoms with Crippen LogP contribution in [-0.4, -0.2) is 39.5 Å². The number of carboxylic acids is 2. The number of carboxylic acid groups (broad SMARTS) is 2. The van der Waals surface area contributed by atoms with Crippen LogP contribution in [-0.2, 0) is 9.59 Å². The Morgan fingerprint density at radius 3 is 1.93 bits per heavy atom. The van der Waals surface area contributed by atoms with E-state index in [2.05, 4.69) is 0 Å². The van der Waals surface area contributed by atoms with Gasteiger partial charge in [-0.25, -0.2) is 0 Å². The normalized spacial score (nSPS) is 10.1. The van der Waals surface area contributed by atoms with E-state index in [9.17, 15) is 10.2 Å². The van der Waals surface area contributed by atoms with Gasteiger partial charge in [-0.15, -0.1) is 0 Å². The zero-order chi connectivity index (χ0) is 21.0. The van der Waals surface area contributed by atoms with Gasteiger partial charge in [0.1, 0.15) is 17.2 Å². The second-order valence-corrected chi connectivity index (χ2v) is 6.00. The van der Waals surface area contributed by atoms with Gasteiger partial charge in [0.15, 0.2) is 0 Å². The predicted octanol–water partition coefficient (Wildman–Crippen LogP) is 4.09. The minimum absolute atomic E-state index is 0.237. The molecule has 0 unspecified atom stereocenters. The van der Waals surface area contributed by atoms with Gasteiger partial charge in [0.25, 0.3) is 11.9 Å². The number of phenols is 2. The van der Waals surface area contributed by atoms with Crippen LogP contribution < -0.4 is 4.74 Å². The molecule has 0 bridgehead atoms. The fourth-order valence-corrected chi connectivity index (χ4v) is 2.99. The Hall–Kier alpha value is -3.74. The van der Waals surface area contributed by atoms with Crippen molar-refractivity contribution < 1.29 is 34.8 Å². The molecule has 7 nitrogen and oxygen atoms in total. The van der Waals surface area contributed by atoms with Crippen LogP contribution in [0.2, 0.25) is 0 Å². The van der Waals surface area contributed by atoms with E-state index < -0.39 is 11.9 Å². The van der Waals surface area contributed by atoms with E-state index in [0.717, 1.165) is 46.9 Å². The molecule has 3 aromatic carbocycles. The Balaban J connectivity index is 0.000000302. The minimum Gasteiger partial charge on any atom is -0.508 e. The number of hydrogen-bond donors (Lipinski definition) is 4. The van der Waals surface area contributed by atoms with Crippen molar-refractivity contribution in [3.63, 3.8) is 0 Å². The lowest BCUT2D eigenvalue weighted by Gasteiger charge is -2.07. The summed E-state index contributed by atoms with van der Waals surface area (Å²) in [5.74, 6) is -0.480. The third-order valence-electron chi connectivity index (χ3n) is 3.88. The van der Waals surface area contributed by atoms with Crippen LogP contribution in [0.1, 0.15) is 13.8 Å². The zero-order valence-corrected chi connectivity index (χ0v) is 15.6. The quantitative estimate of drug-likeness (QED) is 0.389. The van der Waals surface area contributed by atoms with Crippen molar-refractivity contribution in [3.05, 3.63) is 42.5 Å². The maximum Gasteiger partial charge on any atom is 0.300 e. The summed E-state index contributed by atoms with van der Waals surface area (Å²) in [5, 5.41) is 36.4. The van der Waals surface area contributed by atoms with Gasteiger partial charge in [-0.1, -0.05) is 12.1 Å². The summed E-state index contributed by atoms with van der Waals surface area (Å²) in [7, 11) is 1.61. The summed E-state index contributed by atoms with van der Waals surface area (Å²) >= 11 is 0. The second-order valence-electron chi connectivity index (χ2n) is 6.00. The molecule has 1 aliphatic carbocycles. The van der Waals surface area contributed by atoms with E-state index >= 15 is 0 Å². The summed E-state index contributed by atoms with van der Waals surface area (Å²) < 4.78 is 5.32. The molecule has 3 aromatic rings. The van der Waals surface area contributed by atoms with Crippen LogP contribution in [0.5, 0.6) is 17.2 Å². The number of aliphatic carboxylic acids is 2. The molecule has 0 amide bonds. The van der Waals surface area contributed by atoms with Crippen LogP contribution >= 0.6 is 0 Å². The zero-order valence-electron chi connectivity index (χ0n) is 15.6. The Bertz CT molecular complexity index is 1030. The maximum atomic E-state index is 10.1. The molecule has 28 heavy (non-hydrogen) atoms. The van der Waals surface area contributed by atoms with E-state index in [-0.39, 0.29) is 11.5 Å². The van der Waals surface area contributed by atoms with Gasteiger partial charge in [0.05, 0.1) is 7.11 Å². The van der Waals surface area contributed by atoms with Crippen molar-refractivity contribution in [2.45, 2.75) is 13.8 Å². The molecule has 4 N–H and O–H groups in total. The molecule has 146 valence electrons. The molecule has 4 rings (SSSR count). The highest BCUT2D eigenvalue weighted by Gasteiger charge is 2.23. The maximum absolute atomic E-state index is 10.1. The Kier molecular flexibility index (Phi) is 6.10. The van der Waals surface area contributed by atoms with E-state index in [1.54, 1.807) is 25.3 Å². The van der Waals surface area contributed by atoms with Gasteiger partial charge in [-0.05, 0) is 52.6 Å². The van der Waals surface area contributed by atoms with E-state index in [0.29, 0.717) is 5.75 Å². The summed E-state index contributed by atoms with van der Waals surface area (Å²) in [5.41, 5.74) is 4.09. The number of fused-ring (bicyclic) bond motifs is 3. The average Bonchev–Trinajstić information content (AvgIpc) is 2.90. The first-order valence-electron chi connectivity index (χ1n) is 8.22. The Morgan fingerprint density at radius 1 is 0.786 bits per heavy atom. The van der Waals surface area contributed by atoms with Crippen LogP contribution in [0.25, 0.3) is 33.0 Å². The van der Waals surface area contributed by atoms with Crippen LogP contribution in [0.3, 0.4) is 0 Å². The number of benzene rings is 3.